The molecule has 0 bridgehead atoms. The van der Waals surface area contributed by atoms with Crippen LogP contribution in [-0.4, -0.2) is 37.3 Å². The zero-order valence-corrected chi connectivity index (χ0v) is 10.6. The molecule has 1 saturated heterocycles. The predicted octanol–water partition coefficient (Wildman–Crippen LogP) is 0.418. The van der Waals surface area contributed by atoms with E-state index in [1.165, 1.54) is 0 Å². The van der Waals surface area contributed by atoms with Crippen molar-refractivity contribution in [2.75, 3.05) is 42.3 Å². The van der Waals surface area contributed by atoms with E-state index in [2.05, 4.69) is 10.2 Å². The van der Waals surface area contributed by atoms with Gasteiger partial charge in [-0.05, 0) is 12.5 Å². The summed E-state index contributed by atoms with van der Waals surface area (Å²) in [5.74, 6) is 0.748. The number of fused-ring (bicyclic) bond motifs is 1. The van der Waals surface area contributed by atoms with Crippen LogP contribution >= 0.6 is 0 Å². The molecule has 6 heteroatoms. The molecule has 2 aliphatic heterocycles. The van der Waals surface area contributed by atoms with Crippen molar-refractivity contribution in [3.05, 3.63) is 12.1 Å². The summed E-state index contributed by atoms with van der Waals surface area (Å²) in [6.45, 7) is 1.88. The van der Waals surface area contributed by atoms with E-state index in [0.717, 1.165) is 25.2 Å². The Labute approximate surface area is 111 Å². The van der Waals surface area contributed by atoms with Gasteiger partial charge in [0.2, 0.25) is 0 Å². The Hall–Kier alpha value is -1.95. The third kappa shape index (κ3) is 2.19. The number of carbonyl (C=O) groups is 1. The number of hydrogen-bond acceptors (Lipinski definition) is 5. The monoisotopic (exact) mass is 263 g/mol. The summed E-state index contributed by atoms with van der Waals surface area (Å²) in [6.07, 6.45) is 0.954. The maximum absolute atomic E-state index is 11.3. The molecule has 102 valence electrons. The van der Waals surface area contributed by atoms with Crippen molar-refractivity contribution in [3.63, 3.8) is 0 Å². The summed E-state index contributed by atoms with van der Waals surface area (Å²) in [7, 11) is 0. The molecular weight excluding hydrogens is 246 g/mol. The topological polar surface area (TPSA) is 87.8 Å². The van der Waals surface area contributed by atoms with Gasteiger partial charge in [-0.1, -0.05) is 0 Å². The number of aliphatic hydroxyl groups is 1. The molecule has 0 spiro atoms. The fraction of sp³-hybridized carbons (Fsp3) is 0.462. The molecule has 1 amide bonds. The van der Waals surface area contributed by atoms with Gasteiger partial charge >= 0.3 is 0 Å². The van der Waals surface area contributed by atoms with Crippen molar-refractivity contribution in [1.82, 2.24) is 0 Å². The normalized spacial score (nSPS) is 21.8. The van der Waals surface area contributed by atoms with E-state index in [1.807, 2.05) is 6.07 Å². The van der Waals surface area contributed by atoms with E-state index in [0.29, 0.717) is 23.0 Å². The van der Waals surface area contributed by atoms with E-state index in [1.54, 1.807) is 6.07 Å². The van der Waals surface area contributed by atoms with Crippen LogP contribution in [0.5, 0.6) is 5.75 Å². The van der Waals surface area contributed by atoms with Crippen molar-refractivity contribution in [3.8, 4) is 5.75 Å². The molecule has 19 heavy (non-hydrogen) atoms. The van der Waals surface area contributed by atoms with Gasteiger partial charge in [-0.25, -0.2) is 0 Å². The fourth-order valence-corrected chi connectivity index (χ4v) is 2.61. The first-order chi connectivity index (χ1) is 9.17. The van der Waals surface area contributed by atoms with Crippen LogP contribution < -0.4 is 20.7 Å². The van der Waals surface area contributed by atoms with Crippen LogP contribution in [0.2, 0.25) is 0 Å². The number of aliphatic hydroxyl groups excluding tert-OH is 1. The minimum absolute atomic E-state index is 0.0298. The Morgan fingerprint density at radius 1 is 1.53 bits per heavy atom. The van der Waals surface area contributed by atoms with Crippen LogP contribution in [0.1, 0.15) is 6.42 Å². The molecule has 1 atom stereocenters. The minimum atomic E-state index is -0.155. The second-order valence-corrected chi connectivity index (χ2v) is 5.03. The molecular formula is C13H17N3O3. The van der Waals surface area contributed by atoms with Gasteiger partial charge in [0.05, 0.1) is 17.1 Å². The lowest BCUT2D eigenvalue weighted by Crippen LogP contribution is -2.27. The molecule has 2 heterocycles. The molecule has 1 unspecified atom stereocenters. The number of anilines is 3. The summed E-state index contributed by atoms with van der Waals surface area (Å²) < 4.78 is 5.33. The zero-order chi connectivity index (χ0) is 13.4. The first-order valence-electron chi connectivity index (χ1n) is 6.39. The highest BCUT2D eigenvalue weighted by Gasteiger charge is 2.25. The molecule has 1 fully saturated rings. The summed E-state index contributed by atoms with van der Waals surface area (Å²) in [5.41, 5.74) is 8.23. The van der Waals surface area contributed by atoms with E-state index in [9.17, 15) is 9.90 Å². The molecule has 0 aromatic heterocycles. The highest BCUT2D eigenvalue weighted by Crippen LogP contribution is 2.38. The van der Waals surface area contributed by atoms with Gasteiger partial charge in [-0.2, -0.15) is 0 Å². The smallest absolute Gasteiger partial charge is 0.262 e. The summed E-state index contributed by atoms with van der Waals surface area (Å²) in [4.78, 5) is 13.5. The van der Waals surface area contributed by atoms with Gasteiger partial charge in [0.15, 0.2) is 6.61 Å². The molecule has 1 aromatic rings. The lowest BCUT2D eigenvalue weighted by molar-refractivity contribution is -0.118. The summed E-state index contributed by atoms with van der Waals surface area (Å²) in [6, 6.07) is 3.60. The van der Waals surface area contributed by atoms with Crippen molar-refractivity contribution >= 4 is 23.0 Å². The molecule has 0 saturated carbocycles. The average molecular weight is 263 g/mol. The first kappa shape index (κ1) is 12.1. The highest BCUT2D eigenvalue weighted by atomic mass is 16.5. The Morgan fingerprint density at radius 3 is 3.11 bits per heavy atom. The van der Waals surface area contributed by atoms with E-state index >= 15 is 0 Å². The third-order valence-corrected chi connectivity index (χ3v) is 3.65. The number of hydrogen-bond donors (Lipinski definition) is 3. The number of nitrogens with one attached hydrogen (secondary N) is 1. The average Bonchev–Trinajstić information content (AvgIpc) is 2.87. The Morgan fingerprint density at radius 2 is 2.37 bits per heavy atom. The molecule has 2 aliphatic rings. The van der Waals surface area contributed by atoms with Crippen LogP contribution in [0.3, 0.4) is 0 Å². The number of rotatable bonds is 2. The maximum Gasteiger partial charge on any atom is 0.262 e. The Kier molecular flexibility index (Phi) is 2.94. The van der Waals surface area contributed by atoms with Crippen LogP contribution in [0.15, 0.2) is 12.1 Å². The van der Waals surface area contributed by atoms with Crippen molar-refractivity contribution < 1.29 is 14.6 Å². The molecule has 0 aliphatic carbocycles. The number of nitrogens with two attached hydrogens (primary N) is 1. The zero-order valence-electron chi connectivity index (χ0n) is 10.6. The van der Waals surface area contributed by atoms with Crippen molar-refractivity contribution in [2.45, 2.75) is 6.42 Å². The van der Waals surface area contributed by atoms with Gasteiger partial charge in [-0.3, -0.25) is 4.79 Å². The van der Waals surface area contributed by atoms with Gasteiger partial charge in [-0.15, -0.1) is 0 Å². The summed E-state index contributed by atoms with van der Waals surface area (Å²) >= 11 is 0. The van der Waals surface area contributed by atoms with E-state index in [4.69, 9.17) is 10.5 Å². The molecule has 4 N–H and O–H groups in total. The third-order valence-electron chi connectivity index (χ3n) is 3.65. The van der Waals surface area contributed by atoms with Crippen LogP contribution in [-0.2, 0) is 4.79 Å². The number of nitrogens with zero attached hydrogens (tertiary/aromatic N) is 1. The lowest BCUT2D eigenvalue weighted by Gasteiger charge is -2.25. The second-order valence-electron chi connectivity index (χ2n) is 5.03. The van der Waals surface area contributed by atoms with Gasteiger partial charge < -0.3 is 25.8 Å². The highest BCUT2D eigenvalue weighted by molar-refractivity contribution is 5.97. The van der Waals surface area contributed by atoms with Crippen LogP contribution in [0, 0.1) is 5.92 Å². The second kappa shape index (κ2) is 4.62. The number of amides is 1. The lowest BCUT2D eigenvalue weighted by atomic mass is 10.1. The van der Waals surface area contributed by atoms with Gasteiger partial charge in [0.25, 0.3) is 5.91 Å². The van der Waals surface area contributed by atoms with E-state index < -0.39 is 0 Å². The SMILES string of the molecule is Nc1cc2c(cc1N1CCC(CO)C1)NC(=O)CO2. The largest absolute Gasteiger partial charge is 0.482 e. The molecule has 1 aromatic carbocycles. The first-order valence-corrected chi connectivity index (χ1v) is 6.39. The number of ether oxygens (including phenoxy) is 1. The Bertz CT molecular complexity index is 518. The number of carbonyl (C=O) groups excluding carboxylic acids is 1. The van der Waals surface area contributed by atoms with Gasteiger partial charge in [0.1, 0.15) is 5.75 Å². The number of nitrogen functional groups attached to an aromatic ring is 1. The molecule has 6 nitrogen and oxygen atoms in total. The van der Waals surface area contributed by atoms with Crippen molar-refractivity contribution in [1.29, 1.82) is 0 Å². The fourth-order valence-electron chi connectivity index (χ4n) is 2.61. The van der Waals surface area contributed by atoms with Crippen LogP contribution in [0.4, 0.5) is 17.1 Å². The molecule has 0 radical (unpaired) electrons. The quantitative estimate of drug-likeness (QED) is 0.673. The van der Waals surface area contributed by atoms with Crippen molar-refractivity contribution in [2.24, 2.45) is 5.92 Å². The van der Waals surface area contributed by atoms with Crippen LogP contribution in [0.25, 0.3) is 0 Å². The molecule has 3 rings (SSSR count). The minimum Gasteiger partial charge on any atom is -0.482 e. The Balaban J connectivity index is 1.90. The number of benzene rings is 1. The summed E-state index contributed by atoms with van der Waals surface area (Å²) in [5, 5.41) is 12.0. The standard InChI is InChI=1S/C13H17N3O3/c14-9-3-12-10(15-13(18)7-19-12)4-11(9)16-2-1-8(5-16)6-17/h3-4,8,17H,1-2,5-7,14H2,(H,15,18). The van der Waals surface area contributed by atoms with Gasteiger partial charge in [0, 0.05) is 31.7 Å². The maximum atomic E-state index is 11.3. The van der Waals surface area contributed by atoms with E-state index in [-0.39, 0.29) is 19.1 Å². The predicted molar refractivity (Wildman–Crippen MR) is 72.4 cm³/mol.